The lowest BCUT2D eigenvalue weighted by atomic mass is 10.2. The molecule has 0 aliphatic heterocycles. The van der Waals surface area contributed by atoms with Gasteiger partial charge in [0.05, 0.1) is 16.8 Å². The Hall–Kier alpha value is -2.77. The summed E-state index contributed by atoms with van der Waals surface area (Å²) in [5.41, 5.74) is -0.270. The molecule has 0 atom stereocenters. The van der Waals surface area contributed by atoms with Gasteiger partial charge in [0, 0.05) is 24.4 Å². The second kappa shape index (κ2) is 5.47. The van der Waals surface area contributed by atoms with Crippen LogP contribution in [0.5, 0.6) is 0 Å². The summed E-state index contributed by atoms with van der Waals surface area (Å²) in [7, 11) is 0. The molecule has 1 aromatic carbocycles. The van der Waals surface area contributed by atoms with Crippen LogP contribution < -0.4 is 5.32 Å². The van der Waals surface area contributed by atoms with Crippen molar-refractivity contribution in [3.8, 4) is 0 Å². The van der Waals surface area contributed by atoms with Gasteiger partial charge >= 0.3 is 5.69 Å². The van der Waals surface area contributed by atoms with Gasteiger partial charge in [-0.2, -0.15) is 9.49 Å². The number of amides is 1. The number of carbonyl (C=O) groups is 1. The Morgan fingerprint density at radius 3 is 2.90 bits per heavy atom. The average molecular weight is 278 g/mol. The van der Waals surface area contributed by atoms with Gasteiger partial charge in [0.2, 0.25) is 5.82 Å². The lowest BCUT2D eigenvalue weighted by Gasteiger charge is -2.02. The molecule has 1 N–H and O–H groups in total. The van der Waals surface area contributed by atoms with Crippen LogP contribution in [0.4, 0.5) is 15.8 Å². The first-order valence-electron chi connectivity index (χ1n) is 5.79. The number of nitrogens with one attached hydrogen (secondary N) is 1. The molecule has 0 aliphatic rings. The molecule has 2 aromatic rings. The van der Waals surface area contributed by atoms with E-state index in [0.717, 1.165) is 12.1 Å². The predicted octanol–water partition coefficient (Wildman–Crippen LogP) is 2.20. The second-order valence-electron chi connectivity index (χ2n) is 3.96. The van der Waals surface area contributed by atoms with Crippen LogP contribution >= 0.6 is 0 Å². The number of hydrogen-bond acceptors (Lipinski definition) is 4. The first-order valence-corrected chi connectivity index (χ1v) is 5.79. The first kappa shape index (κ1) is 13.7. The molecule has 0 radical (unpaired) electrons. The van der Waals surface area contributed by atoms with E-state index >= 15 is 0 Å². The molecule has 20 heavy (non-hydrogen) atoms. The zero-order valence-corrected chi connectivity index (χ0v) is 10.5. The molecule has 2 rings (SSSR count). The molecule has 0 saturated carbocycles. The third-order valence-corrected chi connectivity index (χ3v) is 2.62. The standard InChI is InChI=1S/C12H11FN4O3/c1-2-16-7-9(6-14-16)15-12(18)8-3-4-10(13)11(5-8)17(19)20/h3-7H,2H2,1H3,(H,15,18). The molecule has 8 heteroatoms. The van der Waals surface area contributed by atoms with Crippen LogP contribution in [-0.2, 0) is 6.54 Å². The monoisotopic (exact) mass is 278 g/mol. The van der Waals surface area contributed by atoms with Gasteiger partial charge in [0.15, 0.2) is 0 Å². The van der Waals surface area contributed by atoms with Crippen molar-refractivity contribution < 1.29 is 14.1 Å². The summed E-state index contributed by atoms with van der Waals surface area (Å²) >= 11 is 0. The van der Waals surface area contributed by atoms with Crippen molar-refractivity contribution in [3.05, 3.63) is 52.1 Å². The number of hydrogen-bond donors (Lipinski definition) is 1. The highest BCUT2D eigenvalue weighted by molar-refractivity contribution is 6.04. The van der Waals surface area contributed by atoms with Crippen molar-refractivity contribution in [1.82, 2.24) is 9.78 Å². The molecule has 1 heterocycles. The number of aryl methyl sites for hydroxylation is 1. The molecule has 0 saturated heterocycles. The predicted molar refractivity (Wildman–Crippen MR) is 68.9 cm³/mol. The normalized spacial score (nSPS) is 10.3. The Morgan fingerprint density at radius 2 is 2.30 bits per heavy atom. The Morgan fingerprint density at radius 1 is 1.55 bits per heavy atom. The zero-order chi connectivity index (χ0) is 14.7. The fourth-order valence-corrected chi connectivity index (χ4v) is 1.60. The maximum absolute atomic E-state index is 13.2. The van der Waals surface area contributed by atoms with Crippen LogP contribution in [0.15, 0.2) is 30.6 Å². The molecule has 0 unspecified atom stereocenters. The Kier molecular flexibility index (Phi) is 3.74. The molecule has 104 valence electrons. The number of halogens is 1. The van der Waals surface area contributed by atoms with E-state index in [1.807, 2.05) is 6.92 Å². The van der Waals surface area contributed by atoms with E-state index in [1.54, 1.807) is 10.9 Å². The van der Waals surface area contributed by atoms with Gasteiger partial charge in [-0.25, -0.2) is 0 Å². The van der Waals surface area contributed by atoms with Gasteiger partial charge in [0.25, 0.3) is 5.91 Å². The van der Waals surface area contributed by atoms with Gasteiger partial charge in [-0.15, -0.1) is 0 Å². The Bertz CT molecular complexity index is 668. The minimum absolute atomic E-state index is 0.00217. The smallest absolute Gasteiger partial charge is 0.305 e. The maximum atomic E-state index is 13.2. The van der Waals surface area contributed by atoms with E-state index in [1.165, 1.54) is 12.3 Å². The molecule has 0 fully saturated rings. The van der Waals surface area contributed by atoms with Crippen LogP contribution in [-0.4, -0.2) is 20.6 Å². The summed E-state index contributed by atoms with van der Waals surface area (Å²) in [6.45, 7) is 2.54. The summed E-state index contributed by atoms with van der Waals surface area (Å²) < 4.78 is 14.8. The highest BCUT2D eigenvalue weighted by atomic mass is 19.1. The van der Waals surface area contributed by atoms with Crippen molar-refractivity contribution in [1.29, 1.82) is 0 Å². The molecule has 0 spiro atoms. The number of nitrogens with zero attached hydrogens (tertiary/aromatic N) is 3. The number of nitro benzene ring substituents is 1. The van der Waals surface area contributed by atoms with Gasteiger partial charge in [-0.3, -0.25) is 19.6 Å². The largest absolute Gasteiger partial charge is 0.319 e. The number of carbonyl (C=O) groups excluding carboxylic acids is 1. The van der Waals surface area contributed by atoms with Gasteiger partial charge in [-0.05, 0) is 19.1 Å². The van der Waals surface area contributed by atoms with E-state index in [2.05, 4.69) is 10.4 Å². The fourth-order valence-electron chi connectivity index (χ4n) is 1.60. The molecule has 1 aromatic heterocycles. The number of anilines is 1. The fraction of sp³-hybridized carbons (Fsp3) is 0.167. The topological polar surface area (TPSA) is 90.1 Å². The molecular formula is C12H11FN4O3. The van der Waals surface area contributed by atoms with Crippen molar-refractivity contribution in [2.45, 2.75) is 13.5 Å². The summed E-state index contributed by atoms with van der Waals surface area (Å²) in [4.78, 5) is 21.6. The van der Waals surface area contributed by atoms with Crippen LogP contribution in [0.3, 0.4) is 0 Å². The van der Waals surface area contributed by atoms with E-state index in [-0.39, 0.29) is 5.56 Å². The maximum Gasteiger partial charge on any atom is 0.305 e. The summed E-state index contributed by atoms with van der Waals surface area (Å²) in [5.74, 6) is -1.55. The SMILES string of the molecule is CCn1cc(NC(=O)c2ccc(F)c([N+](=O)[O-])c2)cn1. The van der Waals surface area contributed by atoms with Crippen LogP contribution in [0.2, 0.25) is 0 Å². The molecule has 0 bridgehead atoms. The highest BCUT2D eigenvalue weighted by Crippen LogP contribution is 2.19. The number of nitro groups is 1. The minimum Gasteiger partial charge on any atom is -0.319 e. The quantitative estimate of drug-likeness (QED) is 0.685. The van der Waals surface area contributed by atoms with E-state index in [0.29, 0.717) is 12.2 Å². The molecule has 1 amide bonds. The van der Waals surface area contributed by atoms with Gasteiger partial charge in [-0.1, -0.05) is 0 Å². The molecular weight excluding hydrogens is 267 g/mol. The lowest BCUT2D eigenvalue weighted by molar-refractivity contribution is -0.387. The number of benzene rings is 1. The van der Waals surface area contributed by atoms with E-state index < -0.39 is 22.3 Å². The van der Waals surface area contributed by atoms with E-state index in [9.17, 15) is 19.3 Å². The van der Waals surface area contributed by atoms with Crippen molar-refractivity contribution in [3.63, 3.8) is 0 Å². The summed E-state index contributed by atoms with van der Waals surface area (Å²) in [5, 5.41) is 17.1. The number of aromatic nitrogens is 2. The average Bonchev–Trinajstić information content (AvgIpc) is 2.86. The van der Waals surface area contributed by atoms with Crippen LogP contribution in [0.25, 0.3) is 0 Å². The van der Waals surface area contributed by atoms with Crippen LogP contribution in [0, 0.1) is 15.9 Å². The first-order chi connectivity index (χ1) is 9.51. The molecule has 7 nitrogen and oxygen atoms in total. The Balaban J connectivity index is 2.21. The molecule has 0 aliphatic carbocycles. The van der Waals surface area contributed by atoms with Crippen molar-refractivity contribution >= 4 is 17.3 Å². The van der Waals surface area contributed by atoms with Crippen molar-refractivity contribution in [2.75, 3.05) is 5.32 Å². The Labute approximate surface area is 113 Å². The third-order valence-electron chi connectivity index (χ3n) is 2.62. The van der Waals surface area contributed by atoms with Crippen LogP contribution in [0.1, 0.15) is 17.3 Å². The van der Waals surface area contributed by atoms with Gasteiger partial charge < -0.3 is 5.32 Å². The van der Waals surface area contributed by atoms with Gasteiger partial charge in [0.1, 0.15) is 0 Å². The second-order valence-corrected chi connectivity index (χ2v) is 3.96. The summed E-state index contributed by atoms with van der Waals surface area (Å²) in [6, 6.07) is 2.97. The number of rotatable bonds is 4. The van der Waals surface area contributed by atoms with Crippen molar-refractivity contribution in [2.24, 2.45) is 0 Å². The lowest BCUT2D eigenvalue weighted by Crippen LogP contribution is -2.12. The third kappa shape index (κ3) is 2.79. The van der Waals surface area contributed by atoms with E-state index in [4.69, 9.17) is 0 Å². The summed E-state index contributed by atoms with van der Waals surface area (Å²) in [6.07, 6.45) is 3.08. The zero-order valence-electron chi connectivity index (χ0n) is 10.5. The minimum atomic E-state index is -0.981. The highest BCUT2D eigenvalue weighted by Gasteiger charge is 2.17.